The van der Waals surface area contributed by atoms with Crippen LogP contribution >= 0.6 is 11.3 Å². The van der Waals surface area contributed by atoms with Crippen molar-refractivity contribution in [3.63, 3.8) is 0 Å². The summed E-state index contributed by atoms with van der Waals surface area (Å²) < 4.78 is 0. The van der Waals surface area contributed by atoms with Crippen LogP contribution in [0.5, 0.6) is 0 Å². The van der Waals surface area contributed by atoms with Gasteiger partial charge in [0.05, 0.1) is 6.04 Å². The molecule has 0 aliphatic carbocycles. The van der Waals surface area contributed by atoms with Gasteiger partial charge in [0, 0.05) is 11.3 Å². The van der Waals surface area contributed by atoms with E-state index in [1.807, 2.05) is 17.5 Å². The Morgan fingerprint density at radius 3 is 2.83 bits per heavy atom. The highest BCUT2D eigenvalue weighted by molar-refractivity contribution is 7.10. The zero-order valence-electron chi connectivity index (χ0n) is 10.6. The van der Waals surface area contributed by atoms with E-state index in [-0.39, 0.29) is 23.9 Å². The fourth-order valence-electron chi connectivity index (χ4n) is 2.10. The van der Waals surface area contributed by atoms with Gasteiger partial charge in [-0.1, -0.05) is 19.9 Å². The molecule has 2 heterocycles. The van der Waals surface area contributed by atoms with Gasteiger partial charge in [-0.2, -0.15) is 0 Å². The summed E-state index contributed by atoms with van der Waals surface area (Å²) >= 11 is 1.64. The van der Waals surface area contributed by atoms with Gasteiger partial charge >= 0.3 is 0 Å². The smallest absolute Gasteiger partial charge is 0.243 e. The van der Waals surface area contributed by atoms with Gasteiger partial charge in [-0.05, 0) is 23.8 Å². The van der Waals surface area contributed by atoms with E-state index >= 15 is 0 Å². The van der Waals surface area contributed by atoms with Crippen molar-refractivity contribution in [1.29, 1.82) is 0 Å². The van der Waals surface area contributed by atoms with Crippen LogP contribution < -0.4 is 10.6 Å². The molecule has 18 heavy (non-hydrogen) atoms. The molecule has 0 aromatic carbocycles. The summed E-state index contributed by atoms with van der Waals surface area (Å²) in [5, 5.41) is 7.74. The molecule has 1 aromatic heterocycles. The number of nitrogens with one attached hydrogen (secondary N) is 2. The summed E-state index contributed by atoms with van der Waals surface area (Å²) in [5.74, 6) is 0.213. The van der Waals surface area contributed by atoms with Gasteiger partial charge in [0.2, 0.25) is 11.8 Å². The predicted molar refractivity (Wildman–Crippen MR) is 71.2 cm³/mol. The van der Waals surface area contributed by atoms with E-state index in [4.69, 9.17) is 0 Å². The lowest BCUT2D eigenvalue weighted by Gasteiger charge is -2.23. The molecule has 2 atom stereocenters. The van der Waals surface area contributed by atoms with Gasteiger partial charge in [-0.25, -0.2) is 0 Å². The Bertz CT molecular complexity index is 428. The minimum absolute atomic E-state index is 0.0232. The van der Waals surface area contributed by atoms with Crippen LogP contribution in [0.1, 0.15) is 37.6 Å². The standard InChI is InChI=1S/C13H18N2O2S/c1-8(2)12(10-4-3-7-18-10)15-13(17)9-5-6-11(16)14-9/h3-4,7-9,12H,5-6H2,1-2H3,(H,14,16)(H,15,17)/t9-,12-/m1/s1. The first-order chi connectivity index (χ1) is 8.58. The maximum Gasteiger partial charge on any atom is 0.243 e. The molecule has 0 unspecified atom stereocenters. The fraction of sp³-hybridized carbons (Fsp3) is 0.538. The first-order valence-electron chi connectivity index (χ1n) is 6.21. The van der Waals surface area contributed by atoms with Crippen LogP contribution in [0.4, 0.5) is 0 Å². The van der Waals surface area contributed by atoms with Crippen molar-refractivity contribution in [1.82, 2.24) is 10.6 Å². The first kappa shape index (κ1) is 13.1. The first-order valence-corrected chi connectivity index (χ1v) is 7.09. The quantitative estimate of drug-likeness (QED) is 0.873. The minimum atomic E-state index is -0.362. The maximum atomic E-state index is 12.1. The molecule has 1 aliphatic rings. The van der Waals surface area contributed by atoms with Crippen LogP contribution in [0, 0.1) is 5.92 Å². The maximum absolute atomic E-state index is 12.1. The average molecular weight is 266 g/mol. The molecule has 1 saturated heterocycles. The van der Waals surface area contributed by atoms with Crippen molar-refractivity contribution in [2.45, 2.75) is 38.8 Å². The molecule has 4 nitrogen and oxygen atoms in total. The van der Waals surface area contributed by atoms with E-state index < -0.39 is 0 Å². The number of rotatable bonds is 4. The van der Waals surface area contributed by atoms with Gasteiger partial charge < -0.3 is 10.6 Å². The second-order valence-electron chi connectivity index (χ2n) is 4.90. The highest BCUT2D eigenvalue weighted by Gasteiger charge is 2.29. The summed E-state index contributed by atoms with van der Waals surface area (Å²) in [7, 11) is 0. The third-order valence-electron chi connectivity index (χ3n) is 3.13. The number of hydrogen-bond donors (Lipinski definition) is 2. The minimum Gasteiger partial charge on any atom is -0.346 e. The molecule has 2 amide bonds. The molecule has 2 rings (SSSR count). The van der Waals surface area contributed by atoms with Gasteiger partial charge in [0.1, 0.15) is 6.04 Å². The largest absolute Gasteiger partial charge is 0.346 e. The van der Waals surface area contributed by atoms with E-state index in [1.54, 1.807) is 11.3 Å². The fourth-order valence-corrected chi connectivity index (χ4v) is 3.05. The molecular weight excluding hydrogens is 248 g/mol. The molecule has 0 saturated carbocycles. The molecular formula is C13H18N2O2S. The molecule has 0 radical (unpaired) electrons. The molecule has 0 bridgehead atoms. The number of hydrogen-bond acceptors (Lipinski definition) is 3. The lowest BCUT2D eigenvalue weighted by Crippen LogP contribution is -2.44. The van der Waals surface area contributed by atoms with Crippen molar-refractivity contribution in [3.05, 3.63) is 22.4 Å². The summed E-state index contributed by atoms with van der Waals surface area (Å²) in [6.07, 6.45) is 1.04. The van der Waals surface area contributed by atoms with Crippen molar-refractivity contribution in [2.24, 2.45) is 5.92 Å². The van der Waals surface area contributed by atoms with Crippen LogP contribution in [-0.2, 0) is 9.59 Å². The Kier molecular flexibility index (Phi) is 4.01. The van der Waals surface area contributed by atoms with Gasteiger partial charge in [0.25, 0.3) is 0 Å². The van der Waals surface area contributed by atoms with Crippen molar-refractivity contribution in [2.75, 3.05) is 0 Å². The number of thiophene rings is 1. The highest BCUT2D eigenvalue weighted by Crippen LogP contribution is 2.26. The summed E-state index contributed by atoms with van der Waals surface area (Å²) in [5.41, 5.74) is 0. The highest BCUT2D eigenvalue weighted by atomic mass is 32.1. The van der Waals surface area contributed by atoms with E-state index in [9.17, 15) is 9.59 Å². The Morgan fingerprint density at radius 1 is 1.56 bits per heavy atom. The molecule has 1 aliphatic heterocycles. The lowest BCUT2D eigenvalue weighted by molar-refractivity contribution is -0.126. The van der Waals surface area contributed by atoms with Gasteiger partial charge in [-0.15, -0.1) is 11.3 Å². The van der Waals surface area contributed by atoms with E-state index in [0.717, 1.165) is 4.88 Å². The van der Waals surface area contributed by atoms with E-state index in [2.05, 4.69) is 24.5 Å². The number of carbonyl (C=O) groups is 2. The Labute approximate surface area is 111 Å². The second-order valence-corrected chi connectivity index (χ2v) is 5.88. The number of amides is 2. The van der Waals surface area contributed by atoms with Crippen molar-refractivity contribution in [3.8, 4) is 0 Å². The average Bonchev–Trinajstić information content (AvgIpc) is 2.95. The van der Waals surface area contributed by atoms with Crippen molar-refractivity contribution >= 4 is 23.2 Å². The van der Waals surface area contributed by atoms with Crippen LogP contribution in [0.25, 0.3) is 0 Å². The topological polar surface area (TPSA) is 58.2 Å². The van der Waals surface area contributed by atoms with E-state index in [0.29, 0.717) is 18.8 Å². The van der Waals surface area contributed by atoms with Crippen molar-refractivity contribution < 1.29 is 9.59 Å². The number of carbonyl (C=O) groups excluding carboxylic acids is 2. The molecule has 98 valence electrons. The monoisotopic (exact) mass is 266 g/mol. The van der Waals surface area contributed by atoms with Crippen LogP contribution in [0.15, 0.2) is 17.5 Å². The van der Waals surface area contributed by atoms with Crippen LogP contribution in [0.2, 0.25) is 0 Å². The molecule has 5 heteroatoms. The lowest BCUT2D eigenvalue weighted by atomic mass is 10.0. The Hall–Kier alpha value is -1.36. The van der Waals surface area contributed by atoms with Crippen LogP contribution in [-0.4, -0.2) is 17.9 Å². The molecule has 2 N–H and O–H groups in total. The zero-order chi connectivity index (χ0) is 13.1. The van der Waals surface area contributed by atoms with Gasteiger partial charge in [0.15, 0.2) is 0 Å². The molecule has 1 fully saturated rings. The second kappa shape index (κ2) is 5.52. The van der Waals surface area contributed by atoms with Crippen LogP contribution in [0.3, 0.4) is 0 Å². The zero-order valence-corrected chi connectivity index (χ0v) is 11.4. The molecule has 0 spiro atoms. The predicted octanol–water partition coefficient (Wildman–Crippen LogP) is 1.84. The molecule has 1 aromatic rings. The normalized spacial score (nSPS) is 20.8. The van der Waals surface area contributed by atoms with E-state index in [1.165, 1.54) is 0 Å². The third-order valence-corrected chi connectivity index (χ3v) is 4.08. The Morgan fingerprint density at radius 2 is 2.33 bits per heavy atom. The SMILES string of the molecule is CC(C)[C@@H](NC(=O)[C@H]1CCC(=O)N1)c1cccs1. The third kappa shape index (κ3) is 2.90. The van der Waals surface area contributed by atoms with Gasteiger partial charge in [-0.3, -0.25) is 9.59 Å². The summed E-state index contributed by atoms with van der Waals surface area (Å²) in [4.78, 5) is 24.4. The Balaban J connectivity index is 2.01. The summed E-state index contributed by atoms with van der Waals surface area (Å²) in [6.45, 7) is 4.16. The summed E-state index contributed by atoms with van der Waals surface area (Å²) in [6, 6.07) is 3.68.